The summed E-state index contributed by atoms with van der Waals surface area (Å²) >= 11 is 4.52. The van der Waals surface area contributed by atoms with Crippen molar-refractivity contribution in [3.05, 3.63) is 28.7 Å². The Morgan fingerprint density at radius 1 is 1.35 bits per heavy atom. The number of amides is 2. The molecular formula is C13H12BrNO4S. The summed E-state index contributed by atoms with van der Waals surface area (Å²) in [5.74, 6) is -1.09. The molecule has 1 atom stereocenters. The van der Waals surface area contributed by atoms with Gasteiger partial charge >= 0.3 is 5.97 Å². The van der Waals surface area contributed by atoms with E-state index in [4.69, 9.17) is 5.11 Å². The molecule has 0 bridgehead atoms. The molecule has 5 nitrogen and oxygen atoms in total. The number of thioether (sulfide) groups is 1. The normalized spacial score (nSPS) is 18.6. The van der Waals surface area contributed by atoms with Gasteiger partial charge in [-0.05, 0) is 24.3 Å². The molecular weight excluding hydrogens is 346 g/mol. The number of carbonyl (C=O) groups is 3. The fourth-order valence-electron chi connectivity index (χ4n) is 1.88. The van der Waals surface area contributed by atoms with Crippen LogP contribution in [0.15, 0.2) is 28.7 Å². The first-order chi connectivity index (χ1) is 9.49. The topological polar surface area (TPSA) is 74.7 Å². The standard InChI is InChI=1S/C13H12BrNO4S/c14-8-1-3-9(4-2-8)15-11(16)7-10(13(15)19)20-6-5-12(17)18/h1-4,10H,5-7H2,(H,17,18). The van der Waals surface area contributed by atoms with Crippen molar-refractivity contribution in [1.29, 1.82) is 0 Å². The lowest BCUT2D eigenvalue weighted by Crippen LogP contribution is -2.31. The van der Waals surface area contributed by atoms with Crippen LogP contribution >= 0.6 is 27.7 Å². The van der Waals surface area contributed by atoms with Crippen LogP contribution in [0.1, 0.15) is 12.8 Å². The van der Waals surface area contributed by atoms with E-state index in [-0.39, 0.29) is 24.7 Å². The largest absolute Gasteiger partial charge is 0.481 e. The minimum atomic E-state index is -0.904. The fraction of sp³-hybridized carbons (Fsp3) is 0.308. The molecule has 7 heteroatoms. The van der Waals surface area contributed by atoms with Crippen molar-refractivity contribution in [2.75, 3.05) is 10.7 Å². The smallest absolute Gasteiger partial charge is 0.304 e. The van der Waals surface area contributed by atoms with Gasteiger partial charge in [0.1, 0.15) is 0 Å². The average molecular weight is 358 g/mol. The summed E-state index contributed by atoms with van der Waals surface area (Å²) in [5.41, 5.74) is 0.546. The minimum absolute atomic E-state index is 0.0130. The summed E-state index contributed by atoms with van der Waals surface area (Å²) in [4.78, 5) is 35.8. The molecule has 1 unspecified atom stereocenters. The van der Waals surface area contributed by atoms with E-state index in [0.29, 0.717) is 11.4 Å². The maximum absolute atomic E-state index is 12.2. The second kappa shape index (κ2) is 6.41. The Labute approximate surface area is 128 Å². The molecule has 1 fully saturated rings. The van der Waals surface area contributed by atoms with Crippen LogP contribution in [0.5, 0.6) is 0 Å². The predicted molar refractivity (Wildman–Crippen MR) is 79.8 cm³/mol. The van der Waals surface area contributed by atoms with Gasteiger partial charge in [-0.15, -0.1) is 11.8 Å². The molecule has 1 aliphatic heterocycles. The highest BCUT2D eigenvalue weighted by molar-refractivity contribution is 9.10. The van der Waals surface area contributed by atoms with E-state index in [0.717, 1.165) is 4.47 Å². The number of carboxylic acids is 1. The maximum Gasteiger partial charge on any atom is 0.304 e. The molecule has 2 rings (SSSR count). The molecule has 0 radical (unpaired) electrons. The number of halogens is 1. The zero-order valence-corrected chi connectivity index (χ0v) is 12.8. The maximum atomic E-state index is 12.2. The third-order valence-electron chi connectivity index (χ3n) is 2.83. The van der Waals surface area contributed by atoms with Crippen molar-refractivity contribution in [3.8, 4) is 0 Å². The van der Waals surface area contributed by atoms with Gasteiger partial charge in [-0.25, -0.2) is 4.90 Å². The molecule has 1 aliphatic rings. The van der Waals surface area contributed by atoms with E-state index < -0.39 is 11.2 Å². The second-order valence-corrected chi connectivity index (χ2v) is 6.48. The Hall–Kier alpha value is -1.34. The van der Waals surface area contributed by atoms with Crippen LogP contribution in [0.3, 0.4) is 0 Å². The number of aliphatic carboxylic acids is 1. The number of anilines is 1. The summed E-state index contributed by atoms with van der Waals surface area (Å²) in [6.45, 7) is 0. The molecule has 1 heterocycles. The third kappa shape index (κ3) is 3.40. The summed E-state index contributed by atoms with van der Waals surface area (Å²) < 4.78 is 0.868. The lowest BCUT2D eigenvalue weighted by molar-refractivity contribution is -0.136. The first-order valence-corrected chi connectivity index (χ1v) is 7.79. The molecule has 20 heavy (non-hydrogen) atoms. The quantitative estimate of drug-likeness (QED) is 0.818. The van der Waals surface area contributed by atoms with E-state index in [9.17, 15) is 14.4 Å². The van der Waals surface area contributed by atoms with Gasteiger partial charge in [-0.2, -0.15) is 0 Å². The Balaban J connectivity index is 2.05. The Morgan fingerprint density at radius 3 is 2.60 bits per heavy atom. The molecule has 0 aliphatic carbocycles. The van der Waals surface area contributed by atoms with Gasteiger partial charge in [0.25, 0.3) is 0 Å². The average Bonchev–Trinajstić information content (AvgIpc) is 2.66. The van der Waals surface area contributed by atoms with Gasteiger partial charge in [-0.3, -0.25) is 14.4 Å². The Kier molecular flexibility index (Phi) is 4.82. The van der Waals surface area contributed by atoms with Gasteiger partial charge in [0.15, 0.2) is 0 Å². The molecule has 0 spiro atoms. The number of carbonyl (C=O) groups excluding carboxylic acids is 2. The number of hydrogen-bond acceptors (Lipinski definition) is 4. The lowest BCUT2D eigenvalue weighted by Gasteiger charge is -2.14. The predicted octanol–water partition coefficient (Wildman–Crippen LogP) is 2.29. The number of rotatable bonds is 5. The zero-order valence-electron chi connectivity index (χ0n) is 10.4. The van der Waals surface area contributed by atoms with E-state index in [1.165, 1.54) is 16.7 Å². The van der Waals surface area contributed by atoms with Crippen molar-refractivity contribution < 1.29 is 19.5 Å². The summed E-state index contributed by atoms with van der Waals surface area (Å²) in [5, 5.41) is 8.10. The molecule has 1 aromatic carbocycles. The first-order valence-electron chi connectivity index (χ1n) is 5.95. The Morgan fingerprint density at radius 2 is 2.00 bits per heavy atom. The molecule has 0 aromatic heterocycles. The monoisotopic (exact) mass is 357 g/mol. The van der Waals surface area contributed by atoms with Gasteiger partial charge in [-0.1, -0.05) is 15.9 Å². The summed E-state index contributed by atoms with van der Waals surface area (Å²) in [6.07, 6.45) is 0.111. The van der Waals surface area contributed by atoms with Gasteiger partial charge in [0.05, 0.1) is 17.4 Å². The number of carboxylic acid groups (broad SMARTS) is 1. The summed E-state index contributed by atoms with van der Waals surface area (Å²) in [6, 6.07) is 6.93. The molecule has 2 amide bonds. The van der Waals surface area contributed by atoms with Crippen molar-refractivity contribution in [1.82, 2.24) is 0 Å². The lowest BCUT2D eigenvalue weighted by atomic mass is 10.3. The van der Waals surface area contributed by atoms with Gasteiger partial charge in [0, 0.05) is 16.6 Å². The van der Waals surface area contributed by atoms with Crippen molar-refractivity contribution in [2.45, 2.75) is 18.1 Å². The van der Waals surface area contributed by atoms with Gasteiger partial charge < -0.3 is 5.11 Å². The van der Waals surface area contributed by atoms with E-state index in [2.05, 4.69) is 15.9 Å². The zero-order chi connectivity index (χ0) is 14.7. The van der Waals surface area contributed by atoms with Crippen LogP contribution < -0.4 is 4.90 Å². The van der Waals surface area contributed by atoms with Crippen LogP contribution in [-0.4, -0.2) is 33.9 Å². The van der Waals surface area contributed by atoms with Crippen molar-refractivity contribution in [2.24, 2.45) is 0 Å². The molecule has 1 aromatic rings. The van der Waals surface area contributed by atoms with Crippen molar-refractivity contribution >= 4 is 51.2 Å². The highest BCUT2D eigenvalue weighted by Gasteiger charge is 2.39. The van der Waals surface area contributed by atoms with Crippen LogP contribution in [0.25, 0.3) is 0 Å². The Bertz CT molecular complexity index is 546. The van der Waals surface area contributed by atoms with Crippen LogP contribution in [0.2, 0.25) is 0 Å². The van der Waals surface area contributed by atoms with Gasteiger partial charge in [0.2, 0.25) is 11.8 Å². The molecule has 106 valence electrons. The number of hydrogen-bond donors (Lipinski definition) is 1. The van der Waals surface area contributed by atoms with Crippen LogP contribution in [0, 0.1) is 0 Å². The second-order valence-electron chi connectivity index (χ2n) is 4.25. The van der Waals surface area contributed by atoms with Crippen LogP contribution in [0.4, 0.5) is 5.69 Å². The van der Waals surface area contributed by atoms with Crippen LogP contribution in [-0.2, 0) is 14.4 Å². The third-order valence-corrected chi connectivity index (χ3v) is 4.56. The van der Waals surface area contributed by atoms with E-state index >= 15 is 0 Å². The highest BCUT2D eigenvalue weighted by atomic mass is 79.9. The highest BCUT2D eigenvalue weighted by Crippen LogP contribution is 2.30. The minimum Gasteiger partial charge on any atom is -0.481 e. The number of nitrogens with zero attached hydrogens (tertiary/aromatic N) is 1. The van der Waals surface area contributed by atoms with Crippen molar-refractivity contribution in [3.63, 3.8) is 0 Å². The van der Waals surface area contributed by atoms with E-state index in [1.54, 1.807) is 24.3 Å². The molecule has 1 saturated heterocycles. The fourth-order valence-corrected chi connectivity index (χ4v) is 3.23. The molecule has 0 saturated carbocycles. The SMILES string of the molecule is O=C(O)CCSC1CC(=O)N(c2ccc(Br)cc2)C1=O. The first kappa shape index (κ1) is 15.1. The molecule has 1 N–H and O–H groups in total. The number of imide groups is 1. The number of benzene rings is 1. The van der Waals surface area contributed by atoms with E-state index in [1.807, 2.05) is 0 Å². The summed E-state index contributed by atoms with van der Waals surface area (Å²) in [7, 11) is 0.